The monoisotopic (exact) mass is 365 g/mol. The Kier molecular flexibility index (Phi) is 3.79. The maximum absolute atomic E-state index is 12.8. The van der Waals surface area contributed by atoms with Crippen molar-refractivity contribution in [3.05, 3.63) is 49.2 Å². The van der Waals surface area contributed by atoms with Gasteiger partial charge in [-0.15, -0.1) is 0 Å². The van der Waals surface area contributed by atoms with Gasteiger partial charge in [0.25, 0.3) is 0 Å². The van der Waals surface area contributed by atoms with Crippen LogP contribution in [0, 0.1) is 0 Å². The highest BCUT2D eigenvalue weighted by Gasteiger charge is 2.49. The molecule has 7 nitrogen and oxygen atoms in total. The number of hydrogen-bond donors (Lipinski definition) is 1. The fraction of sp³-hybridized carbons (Fsp3) is 0.450. The predicted molar refractivity (Wildman–Crippen MR) is 99.8 cm³/mol. The number of pyridine rings is 1. The minimum absolute atomic E-state index is 0.101. The first-order valence-electron chi connectivity index (χ1n) is 9.51. The van der Waals surface area contributed by atoms with Crippen LogP contribution in [-0.4, -0.2) is 52.9 Å². The Bertz CT molecular complexity index is 950. The third-order valence-electron chi connectivity index (χ3n) is 6.04. The van der Waals surface area contributed by atoms with Gasteiger partial charge in [-0.2, -0.15) is 5.10 Å². The van der Waals surface area contributed by atoms with E-state index < -0.39 is 5.60 Å². The quantitative estimate of drug-likeness (QED) is 0.765. The predicted octanol–water partition coefficient (Wildman–Crippen LogP) is 1.82. The maximum Gasteiger partial charge on any atom is 0.244 e. The molecule has 27 heavy (non-hydrogen) atoms. The van der Waals surface area contributed by atoms with Gasteiger partial charge in [0.1, 0.15) is 6.54 Å². The number of piperidine rings is 1. The summed E-state index contributed by atoms with van der Waals surface area (Å²) in [5.41, 5.74) is 0.242. The van der Waals surface area contributed by atoms with Crippen LogP contribution in [0.15, 0.2) is 49.2 Å². The smallest absolute Gasteiger partial charge is 0.244 e. The lowest BCUT2D eigenvalue weighted by atomic mass is 9.85. The van der Waals surface area contributed by atoms with Crippen molar-refractivity contribution in [2.24, 2.45) is 0 Å². The molecule has 5 rings (SSSR count). The number of nitrogens with zero attached hydrogens (tertiary/aromatic N) is 5. The van der Waals surface area contributed by atoms with Crippen LogP contribution in [0.2, 0.25) is 0 Å². The molecule has 3 atom stereocenters. The standard InChI is InChI=1S/C20H23N5O2/c26-19(13-24-8-1-6-22-24)25-16-2-3-17(25)11-20(27,10-16)14-23-9-5-15-4-7-21-12-18(15)23/h1,4-9,12,16-17,27H,2-3,10-11,13-14H2/t16-,17+,20?. The van der Waals surface area contributed by atoms with Gasteiger partial charge in [-0.05, 0) is 43.9 Å². The average molecular weight is 365 g/mol. The zero-order valence-corrected chi connectivity index (χ0v) is 15.1. The second kappa shape index (κ2) is 6.20. The van der Waals surface area contributed by atoms with E-state index in [0.29, 0.717) is 19.4 Å². The van der Waals surface area contributed by atoms with Crippen molar-refractivity contribution in [1.82, 2.24) is 24.2 Å². The van der Waals surface area contributed by atoms with Crippen LogP contribution in [0.1, 0.15) is 25.7 Å². The molecule has 0 aromatic carbocycles. The molecule has 7 heteroatoms. The van der Waals surface area contributed by atoms with E-state index in [1.54, 1.807) is 17.1 Å². The maximum atomic E-state index is 12.8. The number of rotatable bonds is 4. The van der Waals surface area contributed by atoms with Crippen LogP contribution in [-0.2, 0) is 17.9 Å². The van der Waals surface area contributed by atoms with Crippen LogP contribution in [0.25, 0.3) is 10.9 Å². The Labute approximate surface area is 157 Å². The summed E-state index contributed by atoms with van der Waals surface area (Å²) in [5, 5.41) is 16.6. The van der Waals surface area contributed by atoms with E-state index in [4.69, 9.17) is 0 Å². The molecule has 3 aromatic heterocycles. The fourth-order valence-corrected chi connectivity index (χ4v) is 4.96. The van der Waals surface area contributed by atoms with Crippen molar-refractivity contribution < 1.29 is 9.90 Å². The van der Waals surface area contributed by atoms with Gasteiger partial charge < -0.3 is 14.6 Å². The van der Waals surface area contributed by atoms with Crippen LogP contribution in [0.4, 0.5) is 0 Å². The van der Waals surface area contributed by atoms with E-state index in [1.807, 2.05) is 35.6 Å². The lowest BCUT2D eigenvalue weighted by molar-refractivity contribution is -0.142. The number of aliphatic hydroxyl groups is 1. The number of fused-ring (bicyclic) bond motifs is 3. The topological polar surface area (TPSA) is 76.2 Å². The molecule has 1 N–H and O–H groups in total. The van der Waals surface area contributed by atoms with Crippen molar-refractivity contribution in [3.8, 4) is 0 Å². The zero-order chi connectivity index (χ0) is 18.4. The van der Waals surface area contributed by atoms with Crippen LogP contribution < -0.4 is 0 Å². The third-order valence-corrected chi connectivity index (χ3v) is 6.04. The molecule has 2 aliphatic rings. The third kappa shape index (κ3) is 2.92. The Morgan fingerprint density at radius 3 is 2.74 bits per heavy atom. The van der Waals surface area contributed by atoms with E-state index in [2.05, 4.69) is 20.7 Å². The molecule has 5 heterocycles. The number of carbonyl (C=O) groups is 1. The molecule has 2 aliphatic heterocycles. The highest BCUT2D eigenvalue weighted by Crippen LogP contribution is 2.42. The van der Waals surface area contributed by atoms with E-state index in [0.717, 1.165) is 23.7 Å². The molecule has 3 aromatic rings. The molecule has 2 bridgehead atoms. The largest absolute Gasteiger partial charge is 0.388 e. The number of amides is 1. The highest BCUT2D eigenvalue weighted by molar-refractivity contribution is 5.79. The number of aromatic nitrogens is 4. The lowest BCUT2D eigenvalue weighted by Crippen LogP contribution is -2.55. The summed E-state index contributed by atoms with van der Waals surface area (Å²) in [4.78, 5) is 19.0. The van der Waals surface area contributed by atoms with Crippen molar-refractivity contribution in [3.63, 3.8) is 0 Å². The minimum atomic E-state index is -0.796. The van der Waals surface area contributed by atoms with Crippen LogP contribution >= 0.6 is 0 Å². The Hall–Kier alpha value is -2.67. The van der Waals surface area contributed by atoms with Gasteiger partial charge in [0.15, 0.2) is 0 Å². The van der Waals surface area contributed by atoms with E-state index >= 15 is 0 Å². The van der Waals surface area contributed by atoms with Gasteiger partial charge in [-0.3, -0.25) is 14.5 Å². The average Bonchev–Trinajstić information content (AvgIpc) is 3.35. The number of carbonyl (C=O) groups excluding carboxylic acids is 1. The van der Waals surface area contributed by atoms with Gasteiger partial charge in [-0.1, -0.05) is 0 Å². The van der Waals surface area contributed by atoms with Crippen molar-refractivity contribution in [1.29, 1.82) is 0 Å². The molecular formula is C20H23N5O2. The summed E-state index contributed by atoms with van der Waals surface area (Å²) in [6.07, 6.45) is 12.3. The first kappa shape index (κ1) is 16.5. The Balaban J connectivity index is 1.33. The number of hydrogen-bond acceptors (Lipinski definition) is 4. The molecule has 0 radical (unpaired) electrons. The summed E-state index contributed by atoms with van der Waals surface area (Å²) in [5.74, 6) is 0.101. The molecule has 0 saturated carbocycles. The summed E-state index contributed by atoms with van der Waals surface area (Å²) >= 11 is 0. The van der Waals surface area contributed by atoms with Crippen LogP contribution in [0.5, 0.6) is 0 Å². The van der Waals surface area contributed by atoms with Gasteiger partial charge in [-0.25, -0.2) is 0 Å². The zero-order valence-electron chi connectivity index (χ0n) is 15.1. The van der Waals surface area contributed by atoms with Gasteiger partial charge >= 0.3 is 0 Å². The van der Waals surface area contributed by atoms with Crippen molar-refractivity contribution >= 4 is 16.8 Å². The lowest BCUT2D eigenvalue weighted by Gasteiger charge is -2.44. The summed E-state index contributed by atoms with van der Waals surface area (Å²) < 4.78 is 3.75. The summed E-state index contributed by atoms with van der Waals surface area (Å²) in [6.45, 7) is 0.808. The van der Waals surface area contributed by atoms with Crippen LogP contribution in [0.3, 0.4) is 0 Å². The van der Waals surface area contributed by atoms with E-state index in [1.165, 1.54) is 0 Å². The minimum Gasteiger partial charge on any atom is -0.388 e. The van der Waals surface area contributed by atoms with Crippen molar-refractivity contribution in [2.45, 2.75) is 56.5 Å². The highest BCUT2D eigenvalue weighted by atomic mass is 16.3. The van der Waals surface area contributed by atoms with Gasteiger partial charge in [0, 0.05) is 42.3 Å². The normalized spacial score (nSPS) is 27.4. The molecule has 2 fully saturated rings. The molecular weight excluding hydrogens is 342 g/mol. The molecule has 2 saturated heterocycles. The Morgan fingerprint density at radius 1 is 1.19 bits per heavy atom. The second-order valence-corrected chi connectivity index (χ2v) is 7.90. The molecule has 1 amide bonds. The van der Waals surface area contributed by atoms with E-state index in [9.17, 15) is 9.90 Å². The van der Waals surface area contributed by atoms with Gasteiger partial charge in [0.05, 0.1) is 23.9 Å². The molecule has 0 aliphatic carbocycles. The second-order valence-electron chi connectivity index (χ2n) is 7.90. The Morgan fingerprint density at radius 2 is 2.00 bits per heavy atom. The summed E-state index contributed by atoms with van der Waals surface area (Å²) in [6, 6.07) is 6.08. The van der Waals surface area contributed by atoms with Crippen molar-refractivity contribution in [2.75, 3.05) is 0 Å². The first-order valence-corrected chi connectivity index (χ1v) is 9.51. The van der Waals surface area contributed by atoms with Gasteiger partial charge in [0.2, 0.25) is 5.91 Å². The first-order chi connectivity index (χ1) is 13.1. The summed E-state index contributed by atoms with van der Waals surface area (Å²) in [7, 11) is 0. The molecule has 140 valence electrons. The molecule has 1 unspecified atom stereocenters. The molecule has 0 spiro atoms. The fourth-order valence-electron chi connectivity index (χ4n) is 4.96. The van der Waals surface area contributed by atoms with E-state index in [-0.39, 0.29) is 24.5 Å². The SMILES string of the molecule is O=C(Cn1cccn1)N1[C@@H]2CC[C@H]1CC(O)(Cn1ccc3ccncc31)C2.